The number of aliphatic hydroxyl groups excluding tert-OH is 1. The van der Waals surface area contributed by atoms with Gasteiger partial charge in [0, 0.05) is 29.9 Å². The number of esters is 1. The summed E-state index contributed by atoms with van der Waals surface area (Å²) in [4.78, 5) is 37.5. The number of halogens is 1. The Labute approximate surface area is 142 Å². The highest BCUT2D eigenvalue weighted by atomic mass is 19.1. The van der Waals surface area contributed by atoms with Crippen LogP contribution in [0, 0.1) is 5.82 Å². The molecule has 0 saturated heterocycles. The van der Waals surface area contributed by atoms with E-state index in [2.05, 4.69) is 10.6 Å². The average Bonchev–Trinajstić information content (AvgIpc) is 3.10. The van der Waals surface area contributed by atoms with Gasteiger partial charge in [0.1, 0.15) is 11.5 Å². The first-order valence-corrected chi connectivity index (χ1v) is 7.55. The normalized spacial score (nSPS) is 16.2. The van der Waals surface area contributed by atoms with E-state index in [1.807, 2.05) is 0 Å². The molecule has 25 heavy (non-hydrogen) atoms. The van der Waals surface area contributed by atoms with Gasteiger partial charge in [-0.25, -0.2) is 9.18 Å². The molecule has 132 valence electrons. The lowest BCUT2D eigenvalue weighted by atomic mass is 10.1. The molecule has 0 bridgehead atoms. The highest BCUT2D eigenvalue weighted by Gasteiger charge is 2.35. The zero-order valence-corrected chi connectivity index (χ0v) is 13.4. The number of carbonyl (C=O) groups excluding carboxylic acids is 3. The van der Waals surface area contributed by atoms with Gasteiger partial charge < -0.3 is 25.4 Å². The molecule has 2 amide bonds. The monoisotopic (exact) mass is 349 g/mol. The number of hydrogen-bond acceptors (Lipinski definition) is 6. The van der Waals surface area contributed by atoms with Gasteiger partial charge in [-0.3, -0.25) is 9.59 Å². The minimum atomic E-state index is -0.696. The number of fused-ring (bicyclic) bond motifs is 1. The van der Waals surface area contributed by atoms with Gasteiger partial charge >= 0.3 is 5.97 Å². The van der Waals surface area contributed by atoms with Gasteiger partial charge in [-0.1, -0.05) is 0 Å². The summed E-state index contributed by atoms with van der Waals surface area (Å²) < 4.78 is 18.5. The molecule has 1 aromatic carbocycles. The molecule has 0 spiro atoms. The van der Waals surface area contributed by atoms with Crippen LogP contribution >= 0.6 is 0 Å². The summed E-state index contributed by atoms with van der Waals surface area (Å²) >= 11 is 0. The predicted octanol–water partition coefficient (Wildman–Crippen LogP) is -0.257. The summed E-state index contributed by atoms with van der Waals surface area (Å²) in [5, 5.41) is 14.4. The van der Waals surface area contributed by atoms with E-state index in [0.29, 0.717) is 5.56 Å². The first-order valence-electron chi connectivity index (χ1n) is 7.55. The van der Waals surface area contributed by atoms with Crippen LogP contribution in [0.1, 0.15) is 15.9 Å². The number of amides is 2. The van der Waals surface area contributed by atoms with Gasteiger partial charge in [0.05, 0.1) is 25.8 Å². The van der Waals surface area contributed by atoms with Gasteiger partial charge in [-0.05, 0) is 12.1 Å². The number of methoxy groups -OCH3 is 1. The SMILES string of the molecule is COC(=O)C1=C(Nc2cc(F)cc3c2CNC3=O)C(=O)N(CCO)C1. The Hall–Kier alpha value is -2.94. The lowest BCUT2D eigenvalue weighted by Gasteiger charge is -2.15. The van der Waals surface area contributed by atoms with E-state index in [1.165, 1.54) is 12.0 Å². The van der Waals surface area contributed by atoms with Gasteiger partial charge in [0.25, 0.3) is 11.8 Å². The summed E-state index contributed by atoms with van der Waals surface area (Å²) in [6.07, 6.45) is 0. The summed E-state index contributed by atoms with van der Waals surface area (Å²) in [6, 6.07) is 2.27. The van der Waals surface area contributed by atoms with Crippen LogP contribution in [0.3, 0.4) is 0 Å². The van der Waals surface area contributed by atoms with Crippen LogP contribution in [0.25, 0.3) is 0 Å². The topological polar surface area (TPSA) is 108 Å². The van der Waals surface area contributed by atoms with Crippen LogP contribution in [-0.2, 0) is 20.9 Å². The van der Waals surface area contributed by atoms with E-state index in [-0.39, 0.29) is 48.8 Å². The highest BCUT2D eigenvalue weighted by molar-refractivity contribution is 6.09. The molecule has 3 rings (SSSR count). The first-order chi connectivity index (χ1) is 12.0. The molecule has 0 atom stereocenters. The molecule has 0 saturated carbocycles. The lowest BCUT2D eigenvalue weighted by Crippen LogP contribution is -2.31. The fraction of sp³-hybridized carbons (Fsp3) is 0.312. The molecule has 1 aromatic rings. The Morgan fingerprint density at radius 1 is 1.44 bits per heavy atom. The predicted molar refractivity (Wildman–Crippen MR) is 83.9 cm³/mol. The highest BCUT2D eigenvalue weighted by Crippen LogP contribution is 2.29. The maximum Gasteiger partial charge on any atom is 0.337 e. The van der Waals surface area contributed by atoms with Gasteiger partial charge in [-0.15, -0.1) is 0 Å². The van der Waals surface area contributed by atoms with Gasteiger partial charge in [0.15, 0.2) is 0 Å². The molecular formula is C16H16FN3O5. The van der Waals surface area contributed by atoms with E-state index in [0.717, 1.165) is 12.1 Å². The summed E-state index contributed by atoms with van der Waals surface area (Å²) in [5.41, 5.74) is 0.949. The second-order valence-corrected chi connectivity index (χ2v) is 5.58. The third-order valence-electron chi connectivity index (χ3n) is 4.10. The molecule has 8 nitrogen and oxygen atoms in total. The molecule has 9 heteroatoms. The van der Waals surface area contributed by atoms with Crippen molar-refractivity contribution < 1.29 is 28.6 Å². The second-order valence-electron chi connectivity index (χ2n) is 5.58. The molecule has 0 aromatic heterocycles. The van der Waals surface area contributed by atoms with Crippen molar-refractivity contribution in [1.29, 1.82) is 0 Å². The van der Waals surface area contributed by atoms with E-state index >= 15 is 0 Å². The molecular weight excluding hydrogens is 333 g/mol. The molecule has 2 aliphatic rings. The van der Waals surface area contributed by atoms with Crippen LogP contribution in [0.15, 0.2) is 23.4 Å². The molecule has 0 radical (unpaired) electrons. The Bertz CT molecular complexity index is 805. The third kappa shape index (κ3) is 2.93. The van der Waals surface area contributed by atoms with Crippen LogP contribution in [-0.4, -0.2) is 54.6 Å². The summed E-state index contributed by atoms with van der Waals surface area (Å²) in [6.45, 7) is -0.0533. The molecule has 2 aliphatic heterocycles. The van der Waals surface area contributed by atoms with E-state index in [1.54, 1.807) is 0 Å². The maximum absolute atomic E-state index is 13.8. The lowest BCUT2D eigenvalue weighted by molar-refractivity contribution is -0.136. The van der Waals surface area contributed by atoms with Crippen molar-refractivity contribution in [2.45, 2.75) is 6.54 Å². The van der Waals surface area contributed by atoms with Crippen LogP contribution in [0.2, 0.25) is 0 Å². The van der Waals surface area contributed by atoms with Crippen molar-refractivity contribution in [3.8, 4) is 0 Å². The van der Waals surface area contributed by atoms with E-state index < -0.39 is 23.6 Å². The van der Waals surface area contributed by atoms with Crippen molar-refractivity contribution in [2.24, 2.45) is 0 Å². The van der Waals surface area contributed by atoms with Crippen molar-refractivity contribution in [3.05, 3.63) is 40.3 Å². The van der Waals surface area contributed by atoms with E-state index in [4.69, 9.17) is 9.84 Å². The minimum Gasteiger partial charge on any atom is -0.466 e. The maximum atomic E-state index is 13.8. The fourth-order valence-electron chi connectivity index (χ4n) is 2.89. The summed E-state index contributed by atoms with van der Waals surface area (Å²) in [5.74, 6) is -2.25. The van der Waals surface area contributed by atoms with Crippen LogP contribution in [0.4, 0.5) is 10.1 Å². The Kier molecular flexibility index (Phi) is 4.41. The number of hydrogen-bond donors (Lipinski definition) is 3. The number of nitrogens with zero attached hydrogens (tertiary/aromatic N) is 1. The number of anilines is 1. The van der Waals surface area contributed by atoms with E-state index in [9.17, 15) is 18.8 Å². The zero-order valence-electron chi connectivity index (χ0n) is 13.4. The number of benzene rings is 1. The number of ether oxygens (including phenoxy) is 1. The third-order valence-corrected chi connectivity index (χ3v) is 4.10. The number of aliphatic hydroxyl groups is 1. The standard InChI is InChI=1S/C16H16FN3O5/c1-25-16(24)11-7-20(2-3-21)15(23)13(11)19-12-5-8(17)4-9-10(12)6-18-14(9)22/h4-5,19,21H,2-3,6-7H2,1H3,(H,18,22). The van der Waals surface area contributed by atoms with Crippen molar-refractivity contribution in [3.63, 3.8) is 0 Å². The number of nitrogens with one attached hydrogen (secondary N) is 2. The largest absolute Gasteiger partial charge is 0.466 e. The first kappa shape index (κ1) is 16.9. The Morgan fingerprint density at radius 2 is 2.20 bits per heavy atom. The molecule has 0 unspecified atom stereocenters. The Morgan fingerprint density at radius 3 is 2.88 bits per heavy atom. The quantitative estimate of drug-likeness (QED) is 0.633. The van der Waals surface area contributed by atoms with Crippen molar-refractivity contribution >= 4 is 23.5 Å². The zero-order chi connectivity index (χ0) is 18.1. The minimum absolute atomic E-state index is 0.0247. The molecule has 2 heterocycles. The van der Waals surface area contributed by atoms with Crippen LogP contribution < -0.4 is 10.6 Å². The van der Waals surface area contributed by atoms with Crippen LogP contribution in [0.5, 0.6) is 0 Å². The molecule has 0 fully saturated rings. The van der Waals surface area contributed by atoms with Crippen molar-refractivity contribution in [2.75, 3.05) is 32.1 Å². The van der Waals surface area contributed by atoms with Crippen molar-refractivity contribution in [1.82, 2.24) is 10.2 Å². The molecule has 3 N–H and O–H groups in total. The van der Waals surface area contributed by atoms with Gasteiger partial charge in [0.2, 0.25) is 0 Å². The average molecular weight is 349 g/mol. The number of β-amino-alcohol motifs (C(OH)–C–C–N with tert-alkyl or cyclic N) is 1. The number of rotatable bonds is 5. The number of carbonyl (C=O) groups is 3. The summed E-state index contributed by atoms with van der Waals surface area (Å²) in [7, 11) is 1.19. The smallest absolute Gasteiger partial charge is 0.337 e. The Balaban J connectivity index is 2.00. The second kappa shape index (κ2) is 6.52. The molecule has 0 aliphatic carbocycles. The fourth-order valence-corrected chi connectivity index (χ4v) is 2.89. The van der Waals surface area contributed by atoms with Gasteiger partial charge in [-0.2, -0.15) is 0 Å².